The summed E-state index contributed by atoms with van der Waals surface area (Å²) in [6, 6.07) is 4.68. The third kappa shape index (κ3) is 1.69. The van der Waals surface area contributed by atoms with Gasteiger partial charge in [-0.3, -0.25) is 0 Å². The first-order valence-electron chi connectivity index (χ1n) is 5.74. The lowest BCUT2D eigenvalue weighted by atomic mass is 10.0. The monoisotopic (exact) mass is 242 g/mol. The van der Waals surface area contributed by atoms with Gasteiger partial charge in [-0.05, 0) is 24.1 Å². The van der Waals surface area contributed by atoms with Crippen molar-refractivity contribution >= 4 is 5.69 Å². The molecule has 0 aliphatic carbocycles. The first-order chi connectivity index (χ1) is 8.07. The van der Waals surface area contributed by atoms with Gasteiger partial charge in [0.05, 0.1) is 5.56 Å². The lowest BCUT2D eigenvalue weighted by Crippen LogP contribution is -2.49. The minimum Gasteiger partial charge on any atom is -0.365 e. The van der Waals surface area contributed by atoms with Crippen LogP contribution in [-0.4, -0.2) is 25.7 Å². The molecule has 2 heterocycles. The Bertz CT molecular complexity index is 442. The van der Waals surface area contributed by atoms with E-state index in [9.17, 15) is 13.2 Å². The molecule has 17 heavy (non-hydrogen) atoms. The summed E-state index contributed by atoms with van der Waals surface area (Å²) in [7, 11) is 0. The van der Waals surface area contributed by atoms with E-state index < -0.39 is 11.7 Å². The minimum atomic E-state index is -4.24. The van der Waals surface area contributed by atoms with Crippen LogP contribution in [0.5, 0.6) is 0 Å². The maximum absolute atomic E-state index is 12.9. The lowest BCUT2D eigenvalue weighted by Gasteiger charge is -2.32. The second kappa shape index (κ2) is 3.63. The molecule has 2 aliphatic heterocycles. The number of hydrogen-bond donors (Lipinski definition) is 1. The molecule has 5 heteroatoms. The van der Waals surface area contributed by atoms with Crippen LogP contribution in [0.15, 0.2) is 18.2 Å². The fourth-order valence-electron chi connectivity index (χ4n) is 2.82. The zero-order valence-corrected chi connectivity index (χ0v) is 9.22. The number of rotatable bonds is 0. The Balaban J connectivity index is 2.06. The minimum absolute atomic E-state index is 0.183. The first-order valence-corrected chi connectivity index (χ1v) is 5.74. The summed E-state index contributed by atoms with van der Waals surface area (Å²) >= 11 is 0. The Morgan fingerprint density at radius 1 is 1.29 bits per heavy atom. The third-order valence-electron chi connectivity index (χ3n) is 3.56. The van der Waals surface area contributed by atoms with Crippen LogP contribution in [-0.2, 0) is 12.6 Å². The van der Waals surface area contributed by atoms with Crippen molar-refractivity contribution in [3.63, 3.8) is 0 Å². The van der Waals surface area contributed by atoms with E-state index in [1.54, 1.807) is 6.07 Å². The van der Waals surface area contributed by atoms with Crippen LogP contribution in [0.4, 0.5) is 18.9 Å². The van der Waals surface area contributed by atoms with Crippen LogP contribution in [0.2, 0.25) is 0 Å². The SMILES string of the molecule is FC(F)(F)c1cccc2c1CC1CNCCN21. The number of hydrogen-bond acceptors (Lipinski definition) is 2. The molecule has 1 fully saturated rings. The number of halogens is 3. The smallest absolute Gasteiger partial charge is 0.365 e. The normalized spacial score (nSPS) is 23.5. The Morgan fingerprint density at radius 2 is 2.12 bits per heavy atom. The van der Waals surface area contributed by atoms with E-state index >= 15 is 0 Å². The number of nitrogens with one attached hydrogen (secondary N) is 1. The van der Waals surface area contributed by atoms with Crippen LogP contribution in [0.3, 0.4) is 0 Å². The number of anilines is 1. The Labute approximate surface area is 97.4 Å². The lowest BCUT2D eigenvalue weighted by molar-refractivity contribution is -0.138. The molecule has 1 unspecified atom stereocenters. The molecule has 2 nitrogen and oxygen atoms in total. The zero-order chi connectivity index (χ0) is 12.0. The van der Waals surface area contributed by atoms with Crippen LogP contribution in [0.1, 0.15) is 11.1 Å². The highest BCUT2D eigenvalue weighted by atomic mass is 19.4. The van der Waals surface area contributed by atoms with Crippen molar-refractivity contribution in [1.82, 2.24) is 5.32 Å². The number of fused-ring (bicyclic) bond motifs is 3. The summed E-state index contributed by atoms with van der Waals surface area (Å²) in [6.07, 6.45) is -3.74. The van der Waals surface area contributed by atoms with Gasteiger partial charge in [0, 0.05) is 31.4 Å². The molecule has 0 bridgehead atoms. The van der Waals surface area contributed by atoms with Crippen LogP contribution >= 0.6 is 0 Å². The summed E-state index contributed by atoms with van der Waals surface area (Å²) in [5, 5.41) is 3.23. The molecule has 0 saturated carbocycles. The van der Waals surface area contributed by atoms with Crippen LogP contribution in [0, 0.1) is 0 Å². The standard InChI is InChI=1S/C12H13F3N2/c13-12(14,15)10-2-1-3-11-9(10)6-8-7-16-4-5-17(8)11/h1-3,8,16H,4-7H2. The molecule has 0 amide bonds. The Kier molecular flexibility index (Phi) is 2.33. The van der Waals surface area contributed by atoms with Gasteiger partial charge in [-0.15, -0.1) is 0 Å². The Hall–Kier alpha value is -1.23. The second-order valence-corrected chi connectivity index (χ2v) is 4.56. The van der Waals surface area contributed by atoms with E-state index in [2.05, 4.69) is 10.2 Å². The van der Waals surface area contributed by atoms with Gasteiger partial charge in [0.1, 0.15) is 0 Å². The highest BCUT2D eigenvalue weighted by molar-refractivity contribution is 5.63. The van der Waals surface area contributed by atoms with Crippen molar-refractivity contribution in [2.24, 2.45) is 0 Å². The highest BCUT2D eigenvalue weighted by Crippen LogP contribution is 2.41. The van der Waals surface area contributed by atoms with Crippen molar-refractivity contribution in [2.75, 3.05) is 24.5 Å². The topological polar surface area (TPSA) is 15.3 Å². The van der Waals surface area contributed by atoms with E-state index in [-0.39, 0.29) is 6.04 Å². The quantitative estimate of drug-likeness (QED) is 0.749. The molecule has 0 radical (unpaired) electrons. The molecule has 0 spiro atoms. The summed E-state index contributed by atoms with van der Waals surface area (Å²) in [4.78, 5) is 2.10. The van der Waals surface area contributed by atoms with Gasteiger partial charge in [-0.1, -0.05) is 6.07 Å². The maximum Gasteiger partial charge on any atom is 0.416 e. The van der Waals surface area contributed by atoms with Crippen LogP contribution < -0.4 is 10.2 Å². The molecule has 2 aliphatic rings. The molecule has 1 aromatic carbocycles. The van der Waals surface area contributed by atoms with Crippen molar-refractivity contribution in [3.8, 4) is 0 Å². The predicted octanol–water partition coefficient (Wildman–Crippen LogP) is 2.04. The highest BCUT2D eigenvalue weighted by Gasteiger charge is 2.40. The van der Waals surface area contributed by atoms with Gasteiger partial charge in [0.2, 0.25) is 0 Å². The average molecular weight is 242 g/mol. The number of benzene rings is 1. The molecule has 1 saturated heterocycles. The fourth-order valence-corrected chi connectivity index (χ4v) is 2.82. The van der Waals surface area contributed by atoms with E-state index in [0.717, 1.165) is 25.3 Å². The first kappa shape index (κ1) is 10.9. The summed E-state index contributed by atoms with van der Waals surface area (Å²) in [5.74, 6) is 0. The van der Waals surface area contributed by atoms with E-state index in [0.29, 0.717) is 12.0 Å². The van der Waals surface area contributed by atoms with E-state index in [1.165, 1.54) is 12.1 Å². The van der Waals surface area contributed by atoms with Crippen molar-refractivity contribution in [2.45, 2.75) is 18.6 Å². The molecular weight excluding hydrogens is 229 g/mol. The van der Waals surface area contributed by atoms with Crippen molar-refractivity contribution < 1.29 is 13.2 Å². The fraction of sp³-hybridized carbons (Fsp3) is 0.500. The van der Waals surface area contributed by atoms with E-state index in [1.807, 2.05) is 0 Å². The molecule has 1 aromatic rings. The van der Waals surface area contributed by atoms with Gasteiger partial charge in [0.15, 0.2) is 0 Å². The van der Waals surface area contributed by atoms with Crippen molar-refractivity contribution in [3.05, 3.63) is 29.3 Å². The molecule has 1 N–H and O–H groups in total. The summed E-state index contributed by atoms with van der Waals surface area (Å²) in [5.41, 5.74) is 0.768. The van der Waals surface area contributed by atoms with Gasteiger partial charge < -0.3 is 10.2 Å². The molecule has 1 atom stereocenters. The number of piperazine rings is 1. The second-order valence-electron chi connectivity index (χ2n) is 4.56. The predicted molar refractivity (Wildman–Crippen MR) is 59.2 cm³/mol. The van der Waals surface area contributed by atoms with E-state index in [4.69, 9.17) is 0 Å². The molecule has 3 rings (SSSR count). The van der Waals surface area contributed by atoms with Gasteiger partial charge >= 0.3 is 6.18 Å². The maximum atomic E-state index is 12.9. The van der Waals surface area contributed by atoms with Crippen molar-refractivity contribution in [1.29, 1.82) is 0 Å². The summed E-state index contributed by atoms with van der Waals surface area (Å²) in [6.45, 7) is 2.40. The zero-order valence-electron chi connectivity index (χ0n) is 9.22. The average Bonchev–Trinajstić information content (AvgIpc) is 2.65. The third-order valence-corrected chi connectivity index (χ3v) is 3.56. The number of alkyl halides is 3. The molecule has 0 aromatic heterocycles. The molecular formula is C12H13F3N2. The largest absolute Gasteiger partial charge is 0.416 e. The summed E-state index contributed by atoms with van der Waals surface area (Å²) < 4.78 is 38.7. The Morgan fingerprint density at radius 3 is 2.88 bits per heavy atom. The van der Waals surface area contributed by atoms with Gasteiger partial charge in [0.25, 0.3) is 0 Å². The van der Waals surface area contributed by atoms with Crippen LogP contribution in [0.25, 0.3) is 0 Å². The van der Waals surface area contributed by atoms with Gasteiger partial charge in [-0.25, -0.2) is 0 Å². The number of nitrogens with zero attached hydrogens (tertiary/aromatic N) is 1. The molecule has 92 valence electrons. The van der Waals surface area contributed by atoms with Gasteiger partial charge in [-0.2, -0.15) is 13.2 Å².